The number of nitrogens with zero attached hydrogens (tertiary/aromatic N) is 1. The van der Waals surface area contributed by atoms with Gasteiger partial charge >= 0.3 is 10.2 Å². The van der Waals surface area contributed by atoms with E-state index in [4.69, 9.17) is 11.6 Å². The van der Waals surface area contributed by atoms with Crippen LogP contribution in [-0.2, 0) is 10.2 Å². The predicted molar refractivity (Wildman–Crippen MR) is 127 cm³/mol. The Hall–Kier alpha value is -1.21. The van der Waals surface area contributed by atoms with E-state index in [-0.39, 0.29) is 17.4 Å². The second-order valence-corrected chi connectivity index (χ2v) is 11.1. The molecule has 6 nitrogen and oxygen atoms in total. The zero-order valence-corrected chi connectivity index (χ0v) is 20.2. The average molecular weight is 583 g/mol. The maximum Gasteiger partial charge on any atom is 0.301 e. The third-order valence-electron chi connectivity index (χ3n) is 5.54. The summed E-state index contributed by atoms with van der Waals surface area (Å²) in [7, 11) is -3.92. The zero-order chi connectivity index (χ0) is 22.2. The lowest BCUT2D eigenvalue weighted by Gasteiger charge is -2.40. The molecule has 1 saturated heterocycles. The maximum absolute atomic E-state index is 14.6. The minimum absolute atomic E-state index is 0.0966. The second kappa shape index (κ2) is 9.34. The lowest BCUT2D eigenvalue weighted by atomic mass is 10.1. The topological polar surface area (TPSA) is 73.5 Å². The number of halogens is 4. The third-order valence-corrected chi connectivity index (χ3v) is 7.98. The Morgan fingerprint density at radius 2 is 1.71 bits per heavy atom. The van der Waals surface area contributed by atoms with Crippen molar-refractivity contribution in [2.45, 2.75) is 37.8 Å². The lowest BCUT2D eigenvalue weighted by Crippen LogP contribution is -2.62. The smallest absolute Gasteiger partial charge is 0.301 e. The summed E-state index contributed by atoms with van der Waals surface area (Å²) in [5.74, 6) is -2.30. The van der Waals surface area contributed by atoms with Crippen molar-refractivity contribution in [1.29, 1.82) is 0 Å². The number of hydrogen-bond acceptors (Lipinski definition) is 4. The minimum atomic E-state index is -3.92. The molecular formula is C20H22ClF2IN4O2S. The number of hydrogen-bond donors (Lipinski definition) is 3. The molecule has 3 N–H and O–H groups in total. The molecular weight excluding hydrogens is 561 g/mol. The van der Waals surface area contributed by atoms with Crippen LogP contribution < -0.4 is 15.4 Å². The normalized spacial score (nSPS) is 18.2. The van der Waals surface area contributed by atoms with Gasteiger partial charge in [0.15, 0.2) is 11.6 Å². The molecule has 1 aliphatic carbocycles. The summed E-state index contributed by atoms with van der Waals surface area (Å²) in [4.78, 5) is 0. The molecule has 1 heterocycles. The van der Waals surface area contributed by atoms with Gasteiger partial charge in [0.2, 0.25) is 0 Å². The highest BCUT2D eigenvalue weighted by Gasteiger charge is 2.37. The van der Waals surface area contributed by atoms with Crippen molar-refractivity contribution in [2.24, 2.45) is 0 Å². The summed E-state index contributed by atoms with van der Waals surface area (Å²) in [6.07, 6.45) is 4.63. The van der Waals surface area contributed by atoms with Crippen LogP contribution in [0.2, 0.25) is 5.02 Å². The van der Waals surface area contributed by atoms with Crippen LogP contribution in [0.3, 0.4) is 0 Å². The van der Waals surface area contributed by atoms with E-state index in [2.05, 4.69) is 37.9 Å². The molecule has 0 amide bonds. The first-order valence-corrected chi connectivity index (χ1v) is 12.9. The number of anilines is 3. The van der Waals surface area contributed by atoms with E-state index in [1.54, 1.807) is 18.2 Å². The fourth-order valence-corrected chi connectivity index (χ4v) is 6.09. The number of rotatable bonds is 7. The monoisotopic (exact) mass is 582 g/mol. The van der Waals surface area contributed by atoms with Crippen LogP contribution in [0.5, 0.6) is 0 Å². The summed E-state index contributed by atoms with van der Waals surface area (Å²) in [6.45, 7) is 0.669. The lowest BCUT2D eigenvalue weighted by molar-refractivity contribution is 0.212. The Bertz CT molecular complexity index is 1080. The third kappa shape index (κ3) is 5.24. The Kier molecular flexibility index (Phi) is 6.92. The van der Waals surface area contributed by atoms with E-state index in [1.807, 2.05) is 0 Å². The van der Waals surface area contributed by atoms with Crippen molar-refractivity contribution in [2.75, 3.05) is 23.1 Å². The van der Waals surface area contributed by atoms with Gasteiger partial charge in [0.25, 0.3) is 0 Å². The van der Waals surface area contributed by atoms with E-state index >= 15 is 0 Å². The van der Waals surface area contributed by atoms with Crippen LogP contribution in [0.4, 0.5) is 25.8 Å². The zero-order valence-electron chi connectivity index (χ0n) is 16.5. The molecule has 1 saturated carbocycles. The quantitative estimate of drug-likeness (QED) is 0.409. The van der Waals surface area contributed by atoms with E-state index < -0.39 is 21.8 Å². The molecule has 168 valence electrons. The molecule has 0 atom stereocenters. The van der Waals surface area contributed by atoms with Gasteiger partial charge in [-0.1, -0.05) is 24.4 Å². The summed E-state index contributed by atoms with van der Waals surface area (Å²) in [5, 5.41) is 6.50. The molecule has 2 aromatic rings. The van der Waals surface area contributed by atoms with Crippen molar-refractivity contribution < 1.29 is 17.2 Å². The van der Waals surface area contributed by atoms with E-state index in [1.165, 1.54) is 23.2 Å². The molecule has 0 radical (unpaired) electrons. The summed E-state index contributed by atoms with van der Waals surface area (Å²) in [5.41, 5.74) is -0.0923. The molecule has 4 rings (SSSR count). The van der Waals surface area contributed by atoms with Crippen LogP contribution in [0, 0.1) is 15.2 Å². The molecule has 0 bridgehead atoms. The maximum atomic E-state index is 14.6. The van der Waals surface area contributed by atoms with Gasteiger partial charge in [-0.2, -0.15) is 12.7 Å². The predicted octanol–water partition coefficient (Wildman–Crippen LogP) is 4.84. The van der Waals surface area contributed by atoms with E-state index in [0.29, 0.717) is 29.8 Å². The summed E-state index contributed by atoms with van der Waals surface area (Å²) < 4.78 is 58.6. The fourth-order valence-electron chi connectivity index (χ4n) is 3.85. The van der Waals surface area contributed by atoms with Crippen LogP contribution in [-0.4, -0.2) is 37.9 Å². The first-order chi connectivity index (χ1) is 14.7. The van der Waals surface area contributed by atoms with Crippen LogP contribution >= 0.6 is 34.2 Å². The van der Waals surface area contributed by atoms with Gasteiger partial charge < -0.3 is 10.6 Å². The highest BCUT2D eigenvalue weighted by Crippen LogP contribution is 2.35. The molecule has 2 aromatic carbocycles. The van der Waals surface area contributed by atoms with Gasteiger partial charge in [-0.25, -0.2) is 8.78 Å². The summed E-state index contributed by atoms with van der Waals surface area (Å²) >= 11 is 8.26. The van der Waals surface area contributed by atoms with Gasteiger partial charge in [-0.3, -0.25) is 4.72 Å². The van der Waals surface area contributed by atoms with Crippen molar-refractivity contribution in [3.8, 4) is 0 Å². The molecule has 1 aliphatic heterocycles. The molecule has 0 unspecified atom stereocenters. The molecule has 2 fully saturated rings. The van der Waals surface area contributed by atoms with Gasteiger partial charge in [-0.05, 0) is 65.8 Å². The molecule has 2 aliphatic rings. The highest BCUT2D eigenvalue weighted by atomic mass is 127. The Morgan fingerprint density at radius 3 is 2.39 bits per heavy atom. The van der Waals surface area contributed by atoms with Crippen LogP contribution in [0.25, 0.3) is 0 Å². The van der Waals surface area contributed by atoms with E-state index in [0.717, 1.165) is 22.5 Å². The van der Waals surface area contributed by atoms with Crippen LogP contribution in [0.15, 0.2) is 30.3 Å². The van der Waals surface area contributed by atoms with Gasteiger partial charge in [0.05, 0.1) is 16.4 Å². The van der Waals surface area contributed by atoms with Gasteiger partial charge in [0, 0.05) is 28.7 Å². The van der Waals surface area contributed by atoms with Crippen LogP contribution in [0.1, 0.15) is 25.7 Å². The molecule has 0 aromatic heterocycles. The Balaban J connectivity index is 1.49. The number of nitrogens with one attached hydrogen (secondary N) is 3. The van der Waals surface area contributed by atoms with Crippen molar-refractivity contribution in [3.63, 3.8) is 0 Å². The van der Waals surface area contributed by atoms with Gasteiger partial charge in [-0.15, -0.1) is 0 Å². The Morgan fingerprint density at radius 1 is 1.03 bits per heavy atom. The average Bonchev–Trinajstić information content (AvgIpc) is 3.18. The minimum Gasteiger partial charge on any atom is -0.350 e. The Labute approximate surface area is 199 Å². The van der Waals surface area contributed by atoms with Gasteiger partial charge in [0.1, 0.15) is 5.69 Å². The first kappa shape index (κ1) is 23.0. The molecule has 0 spiro atoms. The standard InChI is InChI=1S/C20H22ClF2IN4O2S/c21-15-9-12(24)5-7-17(15)26-20-18(8-6-16(22)19(20)23)27-31(29,30)28-10-14(11-28)25-13-3-1-2-4-13/h5-9,13-14,25-27H,1-4,10-11H2. The van der Waals surface area contributed by atoms with E-state index in [9.17, 15) is 17.2 Å². The first-order valence-electron chi connectivity index (χ1n) is 9.97. The fraction of sp³-hybridized carbons (Fsp3) is 0.400. The molecule has 31 heavy (non-hydrogen) atoms. The van der Waals surface area contributed by atoms with Crippen molar-refractivity contribution >= 4 is 61.5 Å². The van der Waals surface area contributed by atoms with Crippen molar-refractivity contribution in [1.82, 2.24) is 9.62 Å². The molecule has 11 heteroatoms. The highest BCUT2D eigenvalue weighted by molar-refractivity contribution is 14.1. The van der Waals surface area contributed by atoms with Crippen molar-refractivity contribution in [3.05, 3.63) is 50.6 Å². The summed E-state index contributed by atoms with van der Waals surface area (Å²) in [6, 6.07) is 7.63. The SMILES string of the molecule is O=S(=O)(Nc1ccc(F)c(F)c1Nc1ccc(I)cc1Cl)N1CC(NC2CCCC2)C1. The second-order valence-electron chi connectivity index (χ2n) is 7.80. The number of benzene rings is 2. The largest absolute Gasteiger partial charge is 0.350 e.